The number of hydrogen-bond donors (Lipinski definition) is 1. The van der Waals surface area contributed by atoms with Gasteiger partial charge in [0.15, 0.2) is 10.7 Å². The number of halogens is 3. The number of benzene rings is 1. The second kappa shape index (κ2) is 10.2. The van der Waals surface area contributed by atoms with Crippen molar-refractivity contribution in [3.05, 3.63) is 70.2 Å². The van der Waals surface area contributed by atoms with Gasteiger partial charge in [-0.3, -0.25) is 4.79 Å². The molecule has 1 saturated heterocycles. The smallest absolute Gasteiger partial charge is 0.248 e. The number of piperidine rings is 1. The van der Waals surface area contributed by atoms with Gasteiger partial charge in [-0.25, -0.2) is 22.2 Å². The number of carbonyl (C=O) groups is 1. The van der Waals surface area contributed by atoms with E-state index in [1.54, 1.807) is 12.1 Å². The predicted octanol–water partition coefficient (Wildman–Crippen LogP) is 4.52. The van der Waals surface area contributed by atoms with E-state index in [9.17, 15) is 22.0 Å². The van der Waals surface area contributed by atoms with E-state index in [0.717, 1.165) is 12.1 Å². The summed E-state index contributed by atoms with van der Waals surface area (Å²) in [5, 5.41) is 6.92. The lowest BCUT2D eigenvalue weighted by atomic mass is 9.97. The third-order valence-electron chi connectivity index (χ3n) is 5.61. The maximum Gasteiger partial charge on any atom is 0.248 e. The zero-order valence-corrected chi connectivity index (χ0v) is 20.1. The van der Waals surface area contributed by atoms with Crippen LogP contribution in [-0.4, -0.2) is 41.9 Å². The van der Waals surface area contributed by atoms with Crippen LogP contribution in [0.5, 0.6) is 0 Å². The Balaban J connectivity index is 1.46. The van der Waals surface area contributed by atoms with Crippen molar-refractivity contribution in [3.8, 4) is 0 Å². The van der Waals surface area contributed by atoms with Gasteiger partial charge in [-0.05, 0) is 56.2 Å². The molecule has 3 heterocycles. The van der Waals surface area contributed by atoms with Gasteiger partial charge in [0.25, 0.3) is 0 Å². The number of carbonyl (C=O) groups excluding carboxylic acids is 1. The average Bonchev–Trinajstić information content (AvgIpc) is 3.21. The van der Waals surface area contributed by atoms with Crippen LogP contribution < -0.4 is 5.32 Å². The van der Waals surface area contributed by atoms with Crippen molar-refractivity contribution >= 4 is 45.5 Å². The molecule has 0 atom stereocenters. The summed E-state index contributed by atoms with van der Waals surface area (Å²) in [5.74, 6) is -1.86. The number of sulfonamides is 1. The van der Waals surface area contributed by atoms with Crippen molar-refractivity contribution in [2.45, 2.75) is 24.7 Å². The van der Waals surface area contributed by atoms with Crippen molar-refractivity contribution in [2.75, 3.05) is 18.4 Å². The third-order valence-corrected chi connectivity index (χ3v) is 7.89. The molecule has 35 heavy (non-hydrogen) atoms. The Hall–Kier alpha value is -3.15. The van der Waals surface area contributed by atoms with Crippen LogP contribution in [0.2, 0.25) is 5.02 Å². The van der Waals surface area contributed by atoms with Crippen LogP contribution in [0.25, 0.3) is 12.2 Å². The Morgan fingerprint density at radius 3 is 2.60 bits per heavy atom. The van der Waals surface area contributed by atoms with E-state index in [2.05, 4.69) is 15.5 Å². The summed E-state index contributed by atoms with van der Waals surface area (Å²) in [5.41, 5.74) is 0.212. The van der Waals surface area contributed by atoms with Crippen LogP contribution in [0.3, 0.4) is 0 Å². The lowest BCUT2D eigenvalue weighted by Crippen LogP contribution is -2.41. The van der Waals surface area contributed by atoms with Crippen molar-refractivity contribution in [2.24, 2.45) is 5.92 Å². The molecule has 3 aromatic rings. The van der Waals surface area contributed by atoms with E-state index in [4.69, 9.17) is 16.1 Å². The molecule has 0 bridgehead atoms. The lowest BCUT2D eigenvalue weighted by molar-refractivity contribution is -0.120. The minimum absolute atomic E-state index is 0.0609. The fraction of sp³-hybridized carbons (Fsp3) is 0.261. The fourth-order valence-corrected chi connectivity index (χ4v) is 5.60. The quantitative estimate of drug-likeness (QED) is 0.510. The Bertz CT molecular complexity index is 1370. The van der Waals surface area contributed by atoms with Crippen LogP contribution in [0.15, 0.2) is 45.9 Å². The first kappa shape index (κ1) is 25.0. The van der Waals surface area contributed by atoms with Gasteiger partial charge in [0.1, 0.15) is 23.1 Å². The number of anilines is 1. The fourth-order valence-electron chi connectivity index (χ4n) is 3.77. The molecule has 184 valence electrons. The number of amides is 1. The molecule has 4 rings (SSSR count). The van der Waals surface area contributed by atoms with Crippen LogP contribution in [-0.2, 0) is 14.8 Å². The number of pyridine rings is 1. The van der Waals surface area contributed by atoms with E-state index in [1.165, 1.54) is 35.6 Å². The Morgan fingerprint density at radius 2 is 1.94 bits per heavy atom. The second-order valence-electron chi connectivity index (χ2n) is 7.99. The Kier molecular flexibility index (Phi) is 7.29. The molecule has 1 fully saturated rings. The van der Waals surface area contributed by atoms with Gasteiger partial charge < -0.3 is 9.84 Å². The molecule has 1 amide bonds. The molecule has 2 aromatic heterocycles. The molecule has 12 heteroatoms. The number of rotatable bonds is 6. The number of hydrogen-bond acceptors (Lipinski definition) is 6. The van der Waals surface area contributed by atoms with E-state index < -0.39 is 21.7 Å². The van der Waals surface area contributed by atoms with Crippen LogP contribution in [0.4, 0.5) is 14.6 Å². The van der Waals surface area contributed by atoms with E-state index in [1.807, 2.05) is 0 Å². The largest absolute Gasteiger partial charge is 0.355 e. The van der Waals surface area contributed by atoms with Gasteiger partial charge in [0.2, 0.25) is 15.9 Å². The molecule has 1 aliphatic heterocycles. The molecule has 0 spiro atoms. The predicted molar refractivity (Wildman–Crippen MR) is 126 cm³/mol. The molecule has 1 aliphatic rings. The summed E-state index contributed by atoms with van der Waals surface area (Å²) in [6, 6.07) is 6.24. The molecule has 0 radical (unpaired) electrons. The summed E-state index contributed by atoms with van der Waals surface area (Å²) in [7, 11) is -4.00. The molecule has 0 aliphatic carbocycles. The number of nitrogens with one attached hydrogen (secondary N) is 1. The van der Waals surface area contributed by atoms with Crippen molar-refractivity contribution < 1.29 is 26.5 Å². The van der Waals surface area contributed by atoms with Gasteiger partial charge in [-0.15, -0.1) is 0 Å². The summed E-state index contributed by atoms with van der Waals surface area (Å²) in [4.78, 5) is 16.5. The Labute approximate surface area is 205 Å². The summed E-state index contributed by atoms with van der Waals surface area (Å²) in [6.45, 7) is 1.73. The van der Waals surface area contributed by atoms with Crippen LogP contribution >= 0.6 is 11.6 Å². The third kappa shape index (κ3) is 5.58. The van der Waals surface area contributed by atoms with E-state index >= 15 is 0 Å². The standard InChI is InChI=1S/C23H21ClF2N4O4S/c1-14-22(20(34-29-14)6-3-15-2-5-18(25)12-19(15)26)35(32,33)30-10-8-16(9-11-30)23(31)28-21-7-4-17(24)13-27-21/h2-7,12-13,16H,8-11H2,1H3,(H,27,28,31). The molecular formula is C23H21ClF2N4O4S. The first-order valence-corrected chi connectivity index (χ1v) is 12.5. The summed E-state index contributed by atoms with van der Waals surface area (Å²) >= 11 is 5.80. The normalized spacial score (nSPS) is 15.5. The highest BCUT2D eigenvalue weighted by molar-refractivity contribution is 7.89. The van der Waals surface area contributed by atoms with Crippen molar-refractivity contribution in [1.29, 1.82) is 0 Å². The first-order chi connectivity index (χ1) is 16.6. The van der Waals surface area contributed by atoms with Gasteiger partial charge in [-0.2, -0.15) is 4.31 Å². The first-order valence-electron chi connectivity index (χ1n) is 10.7. The lowest BCUT2D eigenvalue weighted by Gasteiger charge is -2.30. The van der Waals surface area contributed by atoms with Crippen LogP contribution in [0, 0.1) is 24.5 Å². The summed E-state index contributed by atoms with van der Waals surface area (Å²) in [6.07, 6.45) is 4.62. The van der Waals surface area contributed by atoms with E-state index in [0.29, 0.717) is 23.7 Å². The maximum absolute atomic E-state index is 13.9. The molecule has 1 N–H and O–H groups in total. The van der Waals surface area contributed by atoms with Crippen molar-refractivity contribution in [1.82, 2.24) is 14.4 Å². The topological polar surface area (TPSA) is 105 Å². The number of aryl methyl sites for hydroxylation is 1. The zero-order valence-electron chi connectivity index (χ0n) is 18.5. The zero-order chi connectivity index (χ0) is 25.2. The summed E-state index contributed by atoms with van der Waals surface area (Å²) < 4.78 is 60.2. The van der Waals surface area contributed by atoms with Gasteiger partial charge in [-0.1, -0.05) is 16.8 Å². The maximum atomic E-state index is 13.9. The molecular weight excluding hydrogens is 502 g/mol. The molecule has 8 nitrogen and oxygen atoms in total. The highest BCUT2D eigenvalue weighted by Crippen LogP contribution is 2.30. The monoisotopic (exact) mass is 522 g/mol. The second-order valence-corrected chi connectivity index (χ2v) is 10.3. The van der Waals surface area contributed by atoms with Crippen LogP contribution in [0.1, 0.15) is 29.9 Å². The average molecular weight is 523 g/mol. The van der Waals surface area contributed by atoms with E-state index in [-0.39, 0.29) is 46.8 Å². The van der Waals surface area contributed by atoms with Gasteiger partial charge >= 0.3 is 0 Å². The minimum Gasteiger partial charge on any atom is -0.355 e. The number of aromatic nitrogens is 2. The number of nitrogens with zero attached hydrogens (tertiary/aromatic N) is 3. The molecule has 1 aromatic carbocycles. The van der Waals surface area contributed by atoms with Gasteiger partial charge in [0.05, 0.1) is 5.02 Å². The minimum atomic E-state index is -4.00. The molecule has 0 saturated carbocycles. The Morgan fingerprint density at radius 1 is 1.20 bits per heavy atom. The van der Waals surface area contributed by atoms with Gasteiger partial charge in [0, 0.05) is 36.8 Å². The highest BCUT2D eigenvalue weighted by Gasteiger charge is 2.36. The molecule has 0 unspecified atom stereocenters. The van der Waals surface area contributed by atoms with Crippen molar-refractivity contribution in [3.63, 3.8) is 0 Å². The SMILES string of the molecule is Cc1noc(C=Cc2ccc(F)cc2F)c1S(=O)(=O)N1CCC(C(=O)Nc2ccc(Cl)cn2)CC1. The highest BCUT2D eigenvalue weighted by atomic mass is 35.5.